The molecule has 0 saturated carbocycles. The number of nitrogens with one attached hydrogen (secondary N) is 1. The summed E-state index contributed by atoms with van der Waals surface area (Å²) in [6, 6.07) is -0.644. The van der Waals surface area contributed by atoms with Crippen LogP contribution in [0.2, 0.25) is 0 Å². The first-order valence-electron chi connectivity index (χ1n) is 31.7. The van der Waals surface area contributed by atoms with E-state index in [2.05, 4.69) is 129 Å². The molecule has 4 heteroatoms. The van der Waals surface area contributed by atoms with Gasteiger partial charge in [-0.2, -0.15) is 0 Å². The molecular formula is C70H121NO3. The van der Waals surface area contributed by atoms with Gasteiger partial charge >= 0.3 is 0 Å². The van der Waals surface area contributed by atoms with Crippen LogP contribution in [0.1, 0.15) is 296 Å². The molecule has 0 aromatic heterocycles. The van der Waals surface area contributed by atoms with Gasteiger partial charge in [0, 0.05) is 6.42 Å². The molecule has 2 atom stereocenters. The summed E-state index contributed by atoms with van der Waals surface area (Å²) >= 11 is 0. The molecular weight excluding hydrogens is 903 g/mol. The monoisotopic (exact) mass is 1020 g/mol. The van der Waals surface area contributed by atoms with Crippen molar-refractivity contribution >= 4 is 5.91 Å². The van der Waals surface area contributed by atoms with Crippen molar-refractivity contribution in [3.05, 3.63) is 122 Å². The lowest BCUT2D eigenvalue weighted by atomic mass is 10.0. The number of unbranched alkanes of at least 4 members (excludes halogenated alkanes) is 32. The summed E-state index contributed by atoms with van der Waals surface area (Å²) in [7, 11) is 0. The molecule has 0 rings (SSSR count). The number of carbonyl (C=O) groups is 1. The van der Waals surface area contributed by atoms with E-state index >= 15 is 0 Å². The quantitative estimate of drug-likeness (QED) is 0.0420. The number of carbonyl (C=O) groups excluding carboxylic acids is 1. The van der Waals surface area contributed by atoms with Crippen LogP contribution in [0.25, 0.3) is 0 Å². The lowest BCUT2D eigenvalue weighted by molar-refractivity contribution is -0.123. The van der Waals surface area contributed by atoms with Gasteiger partial charge in [0.15, 0.2) is 0 Å². The van der Waals surface area contributed by atoms with E-state index in [0.29, 0.717) is 6.42 Å². The standard InChI is InChI=1S/C70H121NO3/c1-3-5-7-9-11-13-15-17-19-21-23-25-27-29-31-33-34-35-36-38-40-42-44-46-48-50-52-54-56-58-60-62-64-66-70(74)71-68(67-72)69(73)65-63-61-59-57-55-53-51-49-47-45-43-41-39-37-32-30-28-26-24-22-20-18-16-14-12-10-8-6-4-2/h5,7,11,13,17,19,23,25,29,31,34-35,38,40,44,46,50,52,63,65,68-69,72-73H,3-4,6,8-10,12,14-16,18,20-22,24,26-28,30,32-33,36-37,39,41-43,45,47-49,51,53-62,64,66-67H2,1-2H3,(H,71,74)/b7-5-,13-11-,19-17-,25-23-,31-29-,35-34-,40-38-,46-44-,52-50-,65-63+. The van der Waals surface area contributed by atoms with Gasteiger partial charge in [-0.1, -0.05) is 322 Å². The second kappa shape index (κ2) is 64.1. The number of aliphatic hydroxyl groups is 2. The van der Waals surface area contributed by atoms with Crippen molar-refractivity contribution in [1.29, 1.82) is 0 Å². The summed E-state index contributed by atoms with van der Waals surface area (Å²) in [5, 5.41) is 23.2. The van der Waals surface area contributed by atoms with E-state index < -0.39 is 12.1 Å². The molecule has 0 bridgehead atoms. The first-order valence-corrected chi connectivity index (χ1v) is 31.7. The van der Waals surface area contributed by atoms with Gasteiger partial charge in [0.25, 0.3) is 0 Å². The van der Waals surface area contributed by atoms with E-state index in [1.54, 1.807) is 6.08 Å². The molecule has 0 aliphatic rings. The van der Waals surface area contributed by atoms with Gasteiger partial charge < -0.3 is 15.5 Å². The summed E-state index contributed by atoms with van der Waals surface area (Å²) < 4.78 is 0. The van der Waals surface area contributed by atoms with Crippen LogP contribution >= 0.6 is 0 Å². The van der Waals surface area contributed by atoms with E-state index in [-0.39, 0.29) is 12.5 Å². The highest BCUT2D eigenvalue weighted by molar-refractivity contribution is 5.76. The molecule has 74 heavy (non-hydrogen) atoms. The molecule has 2 unspecified atom stereocenters. The zero-order valence-corrected chi connectivity index (χ0v) is 48.8. The first kappa shape index (κ1) is 70.8. The number of aliphatic hydroxyl groups excluding tert-OH is 2. The topological polar surface area (TPSA) is 69.6 Å². The molecule has 1 amide bonds. The summed E-state index contributed by atoms with van der Waals surface area (Å²) in [4.78, 5) is 12.5. The van der Waals surface area contributed by atoms with Gasteiger partial charge in [0.1, 0.15) is 0 Å². The molecule has 0 aliphatic carbocycles. The van der Waals surface area contributed by atoms with Gasteiger partial charge in [-0.05, 0) is 89.9 Å². The van der Waals surface area contributed by atoms with E-state index in [1.807, 2.05) is 6.08 Å². The van der Waals surface area contributed by atoms with Crippen molar-refractivity contribution in [2.75, 3.05) is 6.61 Å². The predicted molar refractivity (Wildman–Crippen MR) is 331 cm³/mol. The average molecular weight is 1020 g/mol. The highest BCUT2D eigenvalue weighted by Gasteiger charge is 2.18. The normalized spacial score (nSPS) is 13.6. The van der Waals surface area contributed by atoms with E-state index in [1.165, 1.54) is 180 Å². The lowest BCUT2D eigenvalue weighted by Gasteiger charge is -2.20. The Morgan fingerprint density at radius 1 is 0.338 bits per heavy atom. The van der Waals surface area contributed by atoms with Crippen molar-refractivity contribution in [2.45, 2.75) is 309 Å². The Bertz CT molecular complexity index is 1440. The van der Waals surface area contributed by atoms with Gasteiger partial charge in [-0.15, -0.1) is 0 Å². The number of rotatable bonds is 57. The molecule has 0 saturated heterocycles. The van der Waals surface area contributed by atoms with Crippen LogP contribution in [0.4, 0.5) is 0 Å². The minimum Gasteiger partial charge on any atom is -0.394 e. The third kappa shape index (κ3) is 59.7. The molecule has 4 nitrogen and oxygen atoms in total. The Morgan fingerprint density at radius 2 is 0.595 bits per heavy atom. The average Bonchev–Trinajstić information content (AvgIpc) is 3.40. The number of hydrogen-bond acceptors (Lipinski definition) is 3. The van der Waals surface area contributed by atoms with Crippen LogP contribution in [-0.4, -0.2) is 34.9 Å². The Morgan fingerprint density at radius 3 is 0.892 bits per heavy atom. The first-order chi connectivity index (χ1) is 36.7. The smallest absolute Gasteiger partial charge is 0.220 e. The van der Waals surface area contributed by atoms with Gasteiger partial charge in [-0.25, -0.2) is 0 Å². The fraction of sp³-hybridized carbons (Fsp3) is 0.700. The Hall–Kier alpha value is -3.21. The maximum atomic E-state index is 12.5. The third-order valence-corrected chi connectivity index (χ3v) is 14.0. The molecule has 0 radical (unpaired) electrons. The van der Waals surface area contributed by atoms with Crippen LogP contribution in [0.5, 0.6) is 0 Å². The maximum absolute atomic E-state index is 12.5. The van der Waals surface area contributed by atoms with E-state index in [9.17, 15) is 15.0 Å². The Balaban J connectivity index is 3.60. The molecule has 424 valence electrons. The van der Waals surface area contributed by atoms with Crippen LogP contribution in [0.3, 0.4) is 0 Å². The SMILES string of the molecule is CC/C=C\C/C=C\C/C=C\C/C=C\C/C=C\C/C=C\C/C=C\C/C=C\C/C=C\CCCCCCCC(=O)NC(CO)C(O)/C=C/CCCCCCCCCCCCCCCCCCCCCCCCCCCCC. The minimum absolute atomic E-state index is 0.0848. The van der Waals surface area contributed by atoms with Gasteiger partial charge in [-0.3, -0.25) is 4.79 Å². The van der Waals surface area contributed by atoms with Crippen molar-refractivity contribution in [3.8, 4) is 0 Å². The van der Waals surface area contributed by atoms with Crippen LogP contribution in [-0.2, 0) is 4.79 Å². The molecule has 0 aliphatic heterocycles. The second-order valence-electron chi connectivity index (χ2n) is 21.1. The largest absolute Gasteiger partial charge is 0.394 e. The fourth-order valence-corrected chi connectivity index (χ4v) is 9.17. The number of amides is 1. The summed E-state index contributed by atoms with van der Waals surface area (Å²) in [5.41, 5.74) is 0. The summed E-state index contributed by atoms with van der Waals surface area (Å²) in [5.74, 6) is -0.0848. The number of hydrogen-bond donors (Lipinski definition) is 3. The third-order valence-electron chi connectivity index (χ3n) is 14.0. The Kier molecular flexibility index (Phi) is 61.3. The van der Waals surface area contributed by atoms with E-state index in [0.717, 1.165) is 96.3 Å². The van der Waals surface area contributed by atoms with Crippen molar-refractivity contribution in [1.82, 2.24) is 5.32 Å². The second-order valence-corrected chi connectivity index (χ2v) is 21.1. The molecule has 0 heterocycles. The minimum atomic E-state index is -0.858. The number of allylic oxidation sites excluding steroid dienone is 19. The van der Waals surface area contributed by atoms with Crippen LogP contribution in [0, 0.1) is 0 Å². The Labute approximate surface area is 460 Å². The predicted octanol–water partition coefficient (Wildman–Crippen LogP) is 21.6. The summed E-state index contributed by atoms with van der Waals surface area (Å²) in [6.07, 6.45) is 98.1. The fourth-order valence-electron chi connectivity index (χ4n) is 9.17. The van der Waals surface area contributed by atoms with Gasteiger partial charge in [0.05, 0.1) is 18.8 Å². The van der Waals surface area contributed by atoms with E-state index in [4.69, 9.17) is 0 Å². The zero-order valence-electron chi connectivity index (χ0n) is 48.8. The summed E-state index contributed by atoms with van der Waals surface area (Å²) in [6.45, 7) is 4.20. The molecule has 0 aromatic carbocycles. The van der Waals surface area contributed by atoms with Crippen LogP contribution in [0.15, 0.2) is 122 Å². The molecule has 0 fully saturated rings. The van der Waals surface area contributed by atoms with Gasteiger partial charge in [0.2, 0.25) is 5.91 Å². The molecule has 0 aromatic rings. The highest BCUT2D eigenvalue weighted by Crippen LogP contribution is 2.17. The lowest BCUT2D eigenvalue weighted by Crippen LogP contribution is -2.45. The van der Waals surface area contributed by atoms with Crippen molar-refractivity contribution in [3.63, 3.8) is 0 Å². The zero-order chi connectivity index (χ0) is 53.4. The highest BCUT2D eigenvalue weighted by atomic mass is 16.3. The van der Waals surface area contributed by atoms with Crippen molar-refractivity contribution in [2.24, 2.45) is 0 Å². The van der Waals surface area contributed by atoms with Crippen molar-refractivity contribution < 1.29 is 15.0 Å². The molecule has 0 spiro atoms. The molecule has 3 N–H and O–H groups in total. The maximum Gasteiger partial charge on any atom is 0.220 e. The van der Waals surface area contributed by atoms with Crippen LogP contribution < -0.4 is 5.32 Å².